The average Bonchev–Trinajstić information content (AvgIpc) is 2.91. The highest BCUT2D eigenvalue weighted by atomic mass is 16.5. The summed E-state index contributed by atoms with van der Waals surface area (Å²) < 4.78 is 5.18. The highest BCUT2D eigenvalue weighted by molar-refractivity contribution is 5.97. The van der Waals surface area contributed by atoms with Gasteiger partial charge in [-0.05, 0) is 37.3 Å². The average molecular weight is 326 g/mol. The van der Waals surface area contributed by atoms with Gasteiger partial charge in [-0.1, -0.05) is 16.8 Å². The van der Waals surface area contributed by atoms with Crippen molar-refractivity contribution < 1.29 is 24.3 Å². The molecule has 0 atom stereocenters. The number of fused-ring (bicyclic) bond motifs is 1. The van der Waals surface area contributed by atoms with Gasteiger partial charge in [0.1, 0.15) is 17.0 Å². The number of anilines is 1. The number of hydrogen-bond donors (Lipinski definition) is 3. The largest absolute Gasteiger partial charge is 0.507 e. The van der Waals surface area contributed by atoms with Gasteiger partial charge in [-0.2, -0.15) is 0 Å². The topological polar surface area (TPSA) is 113 Å². The van der Waals surface area contributed by atoms with E-state index in [2.05, 4.69) is 10.5 Å². The monoisotopic (exact) mass is 326 g/mol. The molecule has 0 aliphatic rings. The molecule has 0 aliphatic heterocycles. The van der Waals surface area contributed by atoms with Crippen LogP contribution in [-0.4, -0.2) is 27.2 Å². The lowest BCUT2D eigenvalue weighted by atomic mass is 10.1. The molecule has 0 bridgehead atoms. The fourth-order valence-corrected chi connectivity index (χ4v) is 2.37. The van der Waals surface area contributed by atoms with Crippen LogP contribution in [-0.2, 0) is 11.2 Å². The maximum atomic E-state index is 12.2. The molecule has 0 spiro atoms. The summed E-state index contributed by atoms with van der Waals surface area (Å²) in [4.78, 5) is 23.2. The van der Waals surface area contributed by atoms with Gasteiger partial charge in [0, 0.05) is 11.1 Å². The number of carboxylic acid groups (broad SMARTS) is 1. The first-order valence-electron chi connectivity index (χ1n) is 7.15. The van der Waals surface area contributed by atoms with Crippen molar-refractivity contribution in [1.29, 1.82) is 0 Å². The van der Waals surface area contributed by atoms with E-state index in [1.54, 1.807) is 6.07 Å². The number of amides is 1. The van der Waals surface area contributed by atoms with Gasteiger partial charge < -0.3 is 20.1 Å². The van der Waals surface area contributed by atoms with Crippen LogP contribution in [0.25, 0.3) is 11.0 Å². The van der Waals surface area contributed by atoms with E-state index in [0.717, 1.165) is 10.9 Å². The van der Waals surface area contributed by atoms with Crippen LogP contribution in [0.3, 0.4) is 0 Å². The summed E-state index contributed by atoms with van der Waals surface area (Å²) in [5.41, 5.74) is 2.12. The molecule has 0 saturated carbocycles. The number of carboxylic acids is 1. The fourth-order valence-electron chi connectivity index (χ4n) is 2.37. The number of aromatic nitrogens is 1. The van der Waals surface area contributed by atoms with Crippen molar-refractivity contribution in [2.75, 3.05) is 5.32 Å². The Kier molecular flexibility index (Phi) is 3.91. The third-order valence-corrected chi connectivity index (χ3v) is 3.54. The molecule has 7 heteroatoms. The van der Waals surface area contributed by atoms with Crippen LogP contribution in [0.1, 0.15) is 21.6 Å². The number of nitrogens with zero attached hydrogens (tertiary/aromatic N) is 1. The second-order valence-corrected chi connectivity index (χ2v) is 5.39. The standard InChI is InChI=1S/C17H14N2O5/c1-9-2-5-15-11(6-9)13(19-24-15)8-16(21)18-10-3-4-14(20)12(7-10)17(22)23/h2-7,20H,8H2,1H3,(H,18,21)(H,22,23). The molecule has 3 aromatic rings. The summed E-state index contributed by atoms with van der Waals surface area (Å²) in [6, 6.07) is 9.40. The number of benzene rings is 2. The van der Waals surface area contributed by atoms with Gasteiger partial charge in [-0.3, -0.25) is 4.79 Å². The van der Waals surface area contributed by atoms with E-state index < -0.39 is 5.97 Å². The highest BCUT2D eigenvalue weighted by Gasteiger charge is 2.15. The Morgan fingerprint density at radius 2 is 2.00 bits per heavy atom. The number of carbonyl (C=O) groups excluding carboxylic acids is 1. The summed E-state index contributed by atoms with van der Waals surface area (Å²) in [6.07, 6.45) is -0.0142. The molecule has 0 aliphatic carbocycles. The minimum atomic E-state index is -1.28. The molecule has 0 fully saturated rings. The highest BCUT2D eigenvalue weighted by Crippen LogP contribution is 2.23. The second-order valence-electron chi connectivity index (χ2n) is 5.39. The van der Waals surface area contributed by atoms with Crippen molar-refractivity contribution in [2.45, 2.75) is 13.3 Å². The van der Waals surface area contributed by atoms with Crippen LogP contribution in [0.15, 0.2) is 40.9 Å². The van der Waals surface area contributed by atoms with Crippen molar-refractivity contribution >= 4 is 28.5 Å². The van der Waals surface area contributed by atoms with Crippen LogP contribution in [0, 0.1) is 6.92 Å². The summed E-state index contributed by atoms with van der Waals surface area (Å²) in [5.74, 6) is -2.01. The normalized spacial score (nSPS) is 10.7. The number of phenols is 1. The maximum Gasteiger partial charge on any atom is 0.339 e. The Labute approximate surface area is 136 Å². The van der Waals surface area contributed by atoms with Crippen LogP contribution in [0.2, 0.25) is 0 Å². The van der Waals surface area contributed by atoms with Gasteiger partial charge in [-0.25, -0.2) is 4.79 Å². The zero-order valence-corrected chi connectivity index (χ0v) is 12.7. The predicted molar refractivity (Wildman–Crippen MR) is 86.1 cm³/mol. The van der Waals surface area contributed by atoms with Crippen LogP contribution < -0.4 is 5.32 Å². The summed E-state index contributed by atoms with van der Waals surface area (Å²) in [5, 5.41) is 25.7. The molecular weight excluding hydrogens is 312 g/mol. The smallest absolute Gasteiger partial charge is 0.339 e. The molecule has 3 N–H and O–H groups in total. The van der Waals surface area contributed by atoms with Crippen molar-refractivity contribution in [1.82, 2.24) is 5.16 Å². The van der Waals surface area contributed by atoms with Gasteiger partial charge in [0.25, 0.3) is 0 Å². The SMILES string of the molecule is Cc1ccc2onc(CC(=O)Nc3ccc(O)c(C(=O)O)c3)c2c1. The lowest BCUT2D eigenvalue weighted by Gasteiger charge is -2.06. The van der Waals surface area contributed by atoms with Gasteiger partial charge in [0.05, 0.1) is 6.42 Å². The number of aryl methyl sites for hydroxylation is 1. The molecule has 7 nitrogen and oxygen atoms in total. The molecule has 1 heterocycles. The summed E-state index contributed by atoms with van der Waals surface area (Å²) in [7, 11) is 0. The van der Waals surface area contributed by atoms with Gasteiger partial charge in [0.15, 0.2) is 5.58 Å². The van der Waals surface area contributed by atoms with E-state index >= 15 is 0 Å². The number of carbonyl (C=O) groups is 2. The summed E-state index contributed by atoms with van der Waals surface area (Å²) >= 11 is 0. The number of rotatable bonds is 4. The van der Waals surface area contributed by atoms with E-state index in [0.29, 0.717) is 11.3 Å². The van der Waals surface area contributed by atoms with E-state index in [4.69, 9.17) is 9.63 Å². The number of nitrogens with one attached hydrogen (secondary N) is 1. The van der Waals surface area contributed by atoms with E-state index in [-0.39, 0.29) is 29.3 Å². The van der Waals surface area contributed by atoms with Crippen molar-refractivity contribution in [3.05, 3.63) is 53.2 Å². The van der Waals surface area contributed by atoms with Crippen LogP contribution >= 0.6 is 0 Å². The van der Waals surface area contributed by atoms with Gasteiger partial charge >= 0.3 is 5.97 Å². The maximum absolute atomic E-state index is 12.2. The number of aromatic hydroxyl groups is 1. The van der Waals surface area contributed by atoms with Crippen LogP contribution in [0.4, 0.5) is 5.69 Å². The van der Waals surface area contributed by atoms with Crippen molar-refractivity contribution in [2.24, 2.45) is 0 Å². The molecule has 24 heavy (non-hydrogen) atoms. The third kappa shape index (κ3) is 3.05. The lowest BCUT2D eigenvalue weighted by Crippen LogP contribution is -2.15. The van der Waals surface area contributed by atoms with Gasteiger partial charge in [-0.15, -0.1) is 0 Å². The first kappa shape index (κ1) is 15.5. The quantitative estimate of drug-likeness (QED) is 0.635. The Morgan fingerprint density at radius 3 is 2.75 bits per heavy atom. The Hall–Kier alpha value is -3.35. The Morgan fingerprint density at radius 1 is 1.21 bits per heavy atom. The molecule has 1 aromatic heterocycles. The van der Waals surface area contributed by atoms with Gasteiger partial charge in [0.2, 0.25) is 5.91 Å². The molecule has 2 aromatic carbocycles. The molecule has 0 unspecified atom stereocenters. The van der Waals surface area contributed by atoms with Crippen molar-refractivity contribution in [3.8, 4) is 5.75 Å². The second kappa shape index (κ2) is 6.04. The molecule has 3 rings (SSSR count). The molecular formula is C17H14N2O5. The van der Waals surface area contributed by atoms with E-state index in [1.807, 2.05) is 19.1 Å². The molecule has 0 radical (unpaired) electrons. The van der Waals surface area contributed by atoms with Crippen molar-refractivity contribution in [3.63, 3.8) is 0 Å². The first-order valence-corrected chi connectivity index (χ1v) is 7.15. The number of aromatic carboxylic acids is 1. The molecule has 0 saturated heterocycles. The lowest BCUT2D eigenvalue weighted by molar-refractivity contribution is -0.115. The minimum absolute atomic E-state index is 0.0142. The third-order valence-electron chi connectivity index (χ3n) is 3.54. The predicted octanol–water partition coefficient (Wildman–Crippen LogP) is 2.72. The van der Waals surface area contributed by atoms with E-state index in [9.17, 15) is 14.7 Å². The van der Waals surface area contributed by atoms with E-state index in [1.165, 1.54) is 18.2 Å². The molecule has 1 amide bonds. The fraction of sp³-hybridized carbons (Fsp3) is 0.118. The summed E-state index contributed by atoms with van der Waals surface area (Å²) in [6.45, 7) is 1.93. The Bertz CT molecular complexity index is 945. The Balaban J connectivity index is 1.79. The van der Waals surface area contributed by atoms with Crippen LogP contribution in [0.5, 0.6) is 5.75 Å². The number of hydrogen-bond acceptors (Lipinski definition) is 5. The zero-order valence-electron chi connectivity index (χ0n) is 12.7. The molecule has 122 valence electrons. The zero-order chi connectivity index (χ0) is 17.3. The first-order chi connectivity index (χ1) is 11.4. The minimum Gasteiger partial charge on any atom is -0.507 e.